The summed E-state index contributed by atoms with van der Waals surface area (Å²) < 4.78 is 19.2. The van der Waals surface area contributed by atoms with Crippen molar-refractivity contribution >= 4 is 5.78 Å². The lowest BCUT2D eigenvalue weighted by atomic mass is 10.1. The average molecular weight is 245 g/mol. The van der Waals surface area contributed by atoms with Crippen LogP contribution in [0, 0.1) is 12.7 Å². The lowest BCUT2D eigenvalue weighted by Crippen LogP contribution is -1.96. The number of carbonyl (C=O) groups excluding carboxylic acids is 1. The molecule has 4 heteroatoms. The van der Waals surface area contributed by atoms with Gasteiger partial charge in [-0.15, -0.1) is 0 Å². The predicted molar refractivity (Wildman–Crippen MR) is 65.5 cm³/mol. The third-order valence-corrected chi connectivity index (χ3v) is 2.52. The van der Waals surface area contributed by atoms with Crippen molar-refractivity contribution in [1.29, 1.82) is 0 Å². The monoisotopic (exact) mass is 245 g/mol. The van der Waals surface area contributed by atoms with Gasteiger partial charge in [-0.25, -0.2) is 4.39 Å². The Bertz CT molecular complexity index is 596. The second kappa shape index (κ2) is 4.96. The van der Waals surface area contributed by atoms with Gasteiger partial charge in [0.2, 0.25) is 0 Å². The van der Waals surface area contributed by atoms with Gasteiger partial charge in [-0.1, -0.05) is 0 Å². The molecule has 3 nitrogen and oxygen atoms in total. The molecule has 18 heavy (non-hydrogen) atoms. The molecule has 0 amide bonds. The van der Waals surface area contributed by atoms with E-state index in [1.54, 1.807) is 25.3 Å². The number of hydrogen-bond donors (Lipinski definition) is 0. The lowest BCUT2D eigenvalue weighted by molar-refractivity contribution is 0.101. The number of pyridine rings is 1. The summed E-state index contributed by atoms with van der Waals surface area (Å²) in [7, 11) is 0. The molecule has 1 aromatic heterocycles. The molecule has 0 aliphatic heterocycles. The maximum absolute atomic E-state index is 13.7. The topological polar surface area (TPSA) is 39.2 Å². The zero-order valence-electron chi connectivity index (χ0n) is 10.1. The number of aromatic nitrogens is 1. The molecule has 0 radical (unpaired) electrons. The lowest BCUT2D eigenvalue weighted by Gasteiger charge is -2.09. The van der Waals surface area contributed by atoms with Crippen molar-refractivity contribution in [3.8, 4) is 11.5 Å². The quantitative estimate of drug-likeness (QED) is 0.776. The van der Waals surface area contributed by atoms with Crippen LogP contribution in [0.15, 0.2) is 36.5 Å². The molecule has 92 valence electrons. The van der Waals surface area contributed by atoms with E-state index >= 15 is 0 Å². The molecular weight excluding hydrogens is 233 g/mol. The first-order chi connectivity index (χ1) is 8.58. The van der Waals surface area contributed by atoms with E-state index in [1.807, 2.05) is 0 Å². The first-order valence-electron chi connectivity index (χ1n) is 5.48. The number of Topliss-reactive ketones (excluding diaryl/α,β-unsaturated/α-hetero) is 1. The molecule has 0 saturated carbocycles. The summed E-state index contributed by atoms with van der Waals surface area (Å²) in [6.45, 7) is 3.16. The number of halogens is 1. The van der Waals surface area contributed by atoms with Gasteiger partial charge >= 0.3 is 0 Å². The third-order valence-electron chi connectivity index (χ3n) is 2.52. The minimum atomic E-state index is -0.564. The van der Waals surface area contributed by atoms with Crippen molar-refractivity contribution < 1.29 is 13.9 Å². The maximum Gasteiger partial charge on any atom is 0.166 e. The van der Waals surface area contributed by atoms with Crippen molar-refractivity contribution in [2.24, 2.45) is 0 Å². The molecule has 0 aliphatic rings. The van der Waals surface area contributed by atoms with Gasteiger partial charge in [-0.3, -0.25) is 9.78 Å². The Hall–Kier alpha value is -2.23. The van der Waals surface area contributed by atoms with Crippen molar-refractivity contribution in [3.63, 3.8) is 0 Å². The van der Waals surface area contributed by atoms with E-state index in [1.165, 1.54) is 25.1 Å². The normalized spacial score (nSPS) is 10.2. The van der Waals surface area contributed by atoms with E-state index < -0.39 is 5.82 Å². The van der Waals surface area contributed by atoms with Crippen molar-refractivity contribution in [3.05, 3.63) is 53.6 Å². The first-order valence-corrected chi connectivity index (χ1v) is 5.48. The summed E-state index contributed by atoms with van der Waals surface area (Å²) in [6, 6.07) is 7.57. The van der Waals surface area contributed by atoms with Gasteiger partial charge in [0.1, 0.15) is 5.75 Å². The van der Waals surface area contributed by atoms with Crippen LogP contribution in [0.2, 0.25) is 0 Å². The van der Waals surface area contributed by atoms with Gasteiger partial charge < -0.3 is 4.74 Å². The summed E-state index contributed by atoms with van der Waals surface area (Å²) in [5.41, 5.74) is 0.996. The number of nitrogens with zero attached hydrogens (tertiary/aromatic N) is 1. The molecule has 0 spiro atoms. The molecule has 0 saturated heterocycles. The van der Waals surface area contributed by atoms with Gasteiger partial charge in [-0.05, 0) is 44.2 Å². The number of ketones is 1. The van der Waals surface area contributed by atoms with E-state index in [0.717, 1.165) is 0 Å². The van der Waals surface area contributed by atoms with Crippen molar-refractivity contribution in [1.82, 2.24) is 4.98 Å². The number of ether oxygens (including phenoxy) is 1. The van der Waals surface area contributed by atoms with Gasteiger partial charge in [0.15, 0.2) is 17.3 Å². The van der Waals surface area contributed by atoms with Crippen LogP contribution in [0.1, 0.15) is 23.0 Å². The highest BCUT2D eigenvalue weighted by atomic mass is 19.1. The standard InChI is InChI=1S/C14H12FNO2/c1-9-13(4-3-7-16-9)18-14-6-5-11(10(2)17)8-12(14)15/h3-8H,1-2H3. The zero-order chi connectivity index (χ0) is 13.1. The Morgan fingerprint density at radius 1 is 1.28 bits per heavy atom. The van der Waals surface area contributed by atoms with Crippen LogP contribution in [-0.4, -0.2) is 10.8 Å². The molecule has 2 aromatic rings. The second-order valence-corrected chi connectivity index (χ2v) is 3.89. The largest absolute Gasteiger partial charge is 0.452 e. The Labute approximate surface area is 104 Å². The molecule has 1 aromatic carbocycles. The Morgan fingerprint density at radius 2 is 2.06 bits per heavy atom. The van der Waals surface area contributed by atoms with E-state index in [9.17, 15) is 9.18 Å². The van der Waals surface area contributed by atoms with Gasteiger partial charge in [-0.2, -0.15) is 0 Å². The van der Waals surface area contributed by atoms with E-state index in [4.69, 9.17) is 4.74 Å². The molecule has 0 fully saturated rings. The molecule has 0 N–H and O–H groups in total. The molecule has 1 heterocycles. The number of rotatable bonds is 3. The predicted octanol–water partition coefficient (Wildman–Crippen LogP) is 3.52. The molecular formula is C14H12FNO2. The van der Waals surface area contributed by atoms with Crippen LogP contribution in [0.3, 0.4) is 0 Å². The molecule has 2 rings (SSSR count). The first kappa shape index (κ1) is 12.2. The Morgan fingerprint density at radius 3 is 2.67 bits per heavy atom. The maximum atomic E-state index is 13.7. The summed E-state index contributed by atoms with van der Waals surface area (Å²) in [4.78, 5) is 15.2. The van der Waals surface area contributed by atoms with Crippen LogP contribution >= 0.6 is 0 Å². The summed E-state index contributed by atoms with van der Waals surface area (Å²) in [5.74, 6) is -0.174. The number of carbonyl (C=O) groups is 1. The molecule has 0 bridgehead atoms. The van der Waals surface area contributed by atoms with Crippen LogP contribution in [0.4, 0.5) is 4.39 Å². The number of hydrogen-bond acceptors (Lipinski definition) is 3. The minimum Gasteiger partial charge on any atom is -0.452 e. The summed E-state index contributed by atoms with van der Waals surface area (Å²) >= 11 is 0. The van der Waals surface area contributed by atoms with Crippen LogP contribution < -0.4 is 4.74 Å². The van der Waals surface area contributed by atoms with Crippen molar-refractivity contribution in [2.45, 2.75) is 13.8 Å². The molecule has 0 aliphatic carbocycles. The minimum absolute atomic E-state index is 0.0797. The van der Waals surface area contributed by atoms with Gasteiger partial charge in [0.05, 0.1) is 5.69 Å². The van der Waals surface area contributed by atoms with E-state index in [2.05, 4.69) is 4.98 Å². The highest BCUT2D eigenvalue weighted by Crippen LogP contribution is 2.26. The van der Waals surface area contributed by atoms with Crippen LogP contribution in [-0.2, 0) is 0 Å². The average Bonchev–Trinajstić information content (AvgIpc) is 2.34. The number of aryl methyl sites for hydroxylation is 1. The molecule has 0 unspecified atom stereocenters. The van der Waals surface area contributed by atoms with Crippen LogP contribution in [0.25, 0.3) is 0 Å². The highest BCUT2D eigenvalue weighted by Gasteiger charge is 2.09. The summed E-state index contributed by atoms with van der Waals surface area (Å²) in [5, 5.41) is 0. The Kier molecular flexibility index (Phi) is 3.37. The number of benzene rings is 1. The third kappa shape index (κ3) is 2.53. The Balaban J connectivity index is 2.30. The fourth-order valence-corrected chi connectivity index (χ4v) is 1.50. The SMILES string of the molecule is CC(=O)c1ccc(Oc2cccnc2C)c(F)c1. The second-order valence-electron chi connectivity index (χ2n) is 3.89. The zero-order valence-corrected chi connectivity index (χ0v) is 10.1. The van der Waals surface area contributed by atoms with Gasteiger partial charge in [0.25, 0.3) is 0 Å². The van der Waals surface area contributed by atoms with Crippen LogP contribution in [0.5, 0.6) is 11.5 Å². The van der Waals surface area contributed by atoms with E-state index in [-0.39, 0.29) is 11.5 Å². The smallest absolute Gasteiger partial charge is 0.166 e. The summed E-state index contributed by atoms with van der Waals surface area (Å²) in [6.07, 6.45) is 1.64. The molecule has 0 atom stereocenters. The fraction of sp³-hybridized carbons (Fsp3) is 0.143. The highest BCUT2D eigenvalue weighted by molar-refractivity contribution is 5.94. The van der Waals surface area contributed by atoms with E-state index in [0.29, 0.717) is 17.0 Å². The fourth-order valence-electron chi connectivity index (χ4n) is 1.50. The van der Waals surface area contributed by atoms with Crippen molar-refractivity contribution in [2.75, 3.05) is 0 Å². The van der Waals surface area contributed by atoms with Gasteiger partial charge in [0, 0.05) is 11.8 Å².